The molecule has 1 N–H and O–H groups in total. The average Bonchev–Trinajstić information content (AvgIpc) is 2.86. The molecule has 0 aliphatic carbocycles. The van der Waals surface area contributed by atoms with Crippen molar-refractivity contribution in [2.24, 2.45) is 7.05 Å². The predicted molar refractivity (Wildman–Crippen MR) is 76.5 cm³/mol. The first-order valence-electron chi connectivity index (χ1n) is 6.39. The lowest BCUT2D eigenvalue weighted by Crippen LogP contribution is -2.23. The summed E-state index contributed by atoms with van der Waals surface area (Å²) in [5.41, 5.74) is 4.31. The summed E-state index contributed by atoms with van der Waals surface area (Å²) >= 11 is 6.31. The first-order valence-corrected chi connectivity index (χ1v) is 6.77. The Balaban J connectivity index is 2.59. The van der Waals surface area contributed by atoms with E-state index in [1.54, 1.807) is 6.20 Å². The molecule has 19 heavy (non-hydrogen) atoms. The summed E-state index contributed by atoms with van der Waals surface area (Å²) in [4.78, 5) is 0. The minimum absolute atomic E-state index is 0.00338. The van der Waals surface area contributed by atoms with E-state index in [-0.39, 0.29) is 6.04 Å². The topological polar surface area (TPSA) is 47.7 Å². The molecule has 2 heterocycles. The SMILES string of the molecule is CCn1ncc(Cl)c1C(NC)c1c(C)nn(C)c1C. The molecule has 2 aromatic rings. The molecule has 0 aliphatic rings. The number of nitrogens with zero attached hydrogens (tertiary/aromatic N) is 4. The van der Waals surface area contributed by atoms with Crippen molar-refractivity contribution >= 4 is 11.6 Å². The lowest BCUT2D eigenvalue weighted by molar-refractivity contribution is 0.560. The largest absolute Gasteiger partial charge is 0.308 e. The molecule has 0 bridgehead atoms. The fourth-order valence-electron chi connectivity index (χ4n) is 2.54. The molecule has 2 aromatic heterocycles. The van der Waals surface area contributed by atoms with Crippen molar-refractivity contribution < 1.29 is 0 Å². The first-order chi connectivity index (χ1) is 9.01. The Morgan fingerprint density at radius 1 is 1.42 bits per heavy atom. The quantitative estimate of drug-likeness (QED) is 0.935. The van der Waals surface area contributed by atoms with E-state index >= 15 is 0 Å². The monoisotopic (exact) mass is 281 g/mol. The van der Waals surface area contributed by atoms with Gasteiger partial charge in [0.2, 0.25) is 0 Å². The second-order valence-electron chi connectivity index (χ2n) is 4.62. The number of rotatable bonds is 4. The summed E-state index contributed by atoms with van der Waals surface area (Å²) in [6.45, 7) is 6.94. The van der Waals surface area contributed by atoms with Crippen LogP contribution in [0.15, 0.2) is 6.20 Å². The van der Waals surface area contributed by atoms with Crippen LogP contribution < -0.4 is 5.32 Å². The van der Waals surface area contributed by atoms with Crippen molar-refractivity contribution in [2.45, 2.75) is 33.4 Å². The molecule has 0 spiro atoms. The maximum absolute atomic E-state index is 6.31. The van der Waals surface area contributed by atoms with Crippen LogP contribution in [0.5, 0.6) is 0 Å². The Morgan fingerprint density at radius 3 is 2.58 bits per heavy atom. The molecule has 0 radical (unpaired) electrons. The second kappa shape index (κ2) is 5.35. The molecule has 0 aromatic carbocycles. The number of nitrogens with one attached hydrogen (secondary N) is 1. The van der Waals surface area contributed by atoms with Gasteiger partial charge in [-0.3, -0.25) is 9.36 Å². The molecule has 2 rings (SSSR count). The summed E-state index contributed by atoms with van der Waals surface area (Å²) < 4.78 is 3.82. The van der Waals surface area contributed by atoms with Gasteiger partial charge in [0.15, 0.2) is 0 Å². The third-order valence-electron chi connectivity index (χ3n) is 3.55. The maximum atomic E-state index is 6.31. The minimum atomic E-state index is 0.00338. The van der Waals surface area contributed by atoms with Gasteiger partial charge < -0.3 is 5.32 Å². The smallest absolute Gasteiger partial charge is 0.0837 e. The average molecular weight is 282 g/mol. The molecule has 1 unspecified atom stereocenters. The van der Waals surface area contributed by atoms with Gasteiger partial charge in [0.05, 0.1) is 28.6 Å². The van der Waals surface area contributed by atoms with Crippen LogP contribution in [0.2, 0.25) is 5.02 Å². The lowest BCUT2D eigenvalue weighted by atomic mass is 10.0. The molecule has 0 amide bonds. The van der Waals surface area contributed by atoms with E-state index in [0.29, 0.717) is 5.02 Å². The summed E-state index contributed by atoms with van der Waals surface area (Å²) in [6, 6.07) is 0.00338. The summed E-state index contributed by atoms with van der Waals surface area (Å²) in [6.07, 6.45) is 1.70. The molecular weight excluding hydrogens is 262 g/mol. The van der Waals surface area contributed by atoms with Crippen LogP contribution in [0.4, 0.5) is 0 Å². The van der Waals surface area contributed by atoms with Crippen LogP contribution in [-0.2, 0) is 13.6 Å². The van der Waals surface area contributed by atoms with Crippen molar-refractivity contribution in [1.29, 1.82) is 0 Å². The van der Waals surface area contributed by atoms with Gasteiger partial charge >= 0.3 is 0 Å². The zero-order valence-electron chi connectivity index (χ0n) is 12.0. The Hall–Kier alpha value is -1.33. The van der Waals surface area contributed by atoms with E-state index in [1.807, 2.05) is 30.4 Å². The molecule has 6 heteroatoms. The second-order valence-corrected chi connectivity index (χ2v) is 5.03. The molecular formula is C13H20ClN5. The van der Waals surface area contributed by atoms with E-state index in [4.69, 9.17) is 11.6 Å². The molecule has 0 aliphatic heterocycles. The Bertz CT molecular complexity index is 584. The minimum Gasteiger partial charge on any atom is -0.308 e. The molecule has 104 valence electrons. The fraction of sp³-hybridized carbons (Fsp3) is 0.538. The molecule has 0 saturated heterocycles. The molecule has 0 saturated carbocycles. The van der Waals surface area contributed by atoms with Crippen LogP contribution in [-0.4, -0.2) is 26.6 Å². The number of aryl methyl sites for hydroxylation is 3. The van der Waals surface area contributed by atoms with Crippen LogP contribution in [0.1, 0.15) is 35.6 Å². The van der Waals surface area contributed by atoms with Crippen molar-refractivity contribution in [2.75, 3.05) is 7.05 Å². The van der Waals surface area contributed by atoms with Crippen LogP contribution in [0.25, 0.3) is 0 Å². The van der Waals surface area contributed by atoms with Gasteiger partial charge in [0, 0.05) is 24.8 Å². The summed E-state index contributed by atoms with van der Waals surface area (Å²) in [7, 11) is 3.89. The van der Waals surface area contributed by atoms with Gasteiger partial charge in [-0.2, -0.15) is 10.2 Å². The highest BCUT2D eigenvalue weighted by Crippen LogP contribution is 2.31. The van der Waals surface area contributed by atoms with Gasteiger partial charge in [0.25, 0.3) is 0 Å². The van der Waals surface area contributed by atoms with Gasteiger partial charge in [-0.15, -0.1) is 0 Å². The number of halogens is 1. The fourth-order valence-corrected chi connectivity index (χ4v) is 2.79. The van der Waals surface area contributed by atoms with Crippen LogP contribution in [0, 0.1) is 13.8 Å². The van der Waals surface area contributed by atoms with Gasteiger partial charge in [0.1, 0.15) is 0 Å². The zero-order chi connectivity index (χ0) is 14.2. The van der Waals surface area contributed by atoms with Crippen molar-refractivity contribution in [3.05, 3.63) is 33.9 Å². The Kier molecular flexibility index (Phi) is 3.96. The standard InChI is InChI=1S/C13H20ClN5/c1-6-19-13(10(14)7-16-19)12(15-4)11-8(2)17-18(5)9(11)3/h7,12,15H,6H2,1-5H3. The van der Waals surface area contributed by atoms with Gasteiger partial charge in [-0.1, -0.05) is 11.6 Å². The predicted octanol–water partition coefficient (Wildman–Crippen LogP) is 2.22. The number of hydrogen-bond donors (Lipinski definition) is 1. The molecule has 1 atom stereocenters. The number of aromatic nitrogens is 4. The zero-order valence-corrected chi connectivity index (χ0v) is 12.8. The van der Waals surface area contributed by atoms with E-state index in [1.165, 1.54) is 5.56 Å². The first kappa shape index (κ1) is 14.1. The normalized spacial score (nSPS) is 12.9. The van der Waals surface area contributed by atoms with E-state index < -0.39 is 0 Å². The van der Waals surface area contributed by atoms with Crippen LogP contribution in [0.3, 0.4) is 0 Å². The van der Waals surface area contributed by atoms with E-state index in [2.05, 4.69) is 29.4 Å². The highest BCUT2D eigenvalue weighted by Gasteiger charge is 2.25. The third kappa shape index (κ3) is 2.28. The molecule has 0 fully saturated rings. The van der Waals surface area contributed by atoms with Gasteiger partial charge in [-0.05, 0) is 27.8 Å². The van der Waals surface area contributed by atoms with Gasteiger partial charge in [-0.25, -0.2) is 0 Å². The van der Waals surface area contributed by atoms with E-state index in [0.717, 1.165) is 23.6 Å². The maximum Gasteiger partial charge on any atom is 0.0837 e. The third-order valence-corrected chi connectivity index (χ3v) is 3.84. The van der Waals surface area contributed by atoms with Crippen molar-refractivity contribution in [1.82, 2.24) is 24.9 Å². The summed E-state index contributed by atoms with van der Waals surface area (Å²) in [5.74, 6) is 0. The Morgan fingerprint density at radius 2 is 2.11 bits per heavy atom. The lowest BCUT2D eigenvalue weighted by Gasteiger charge is -2.19. The van der Waals surface area contributed by atoms with Crippen LogP contribution >= 0.6 is 11.6 Å². The van der Waals surface area contributed by atoms with Crippen molar-refractivity contribution in [3.8, 4) is 0 Å². The van der Waals surface area contributed by atoms with Crippen molar-refractivity contribution in [3.63, 3.8) is 0 Å². The highest BCUT2D eigenvalue weighted by atomic mass is 35.5. The van der Waals surface area contributed by atoms with E-state index in [9.17, 15) is 0 Å². The highest BCUT2D eigenvalue weighted by molar-refractivity contribution is 6.31. The number of hydrogen-bond acceptors (Lipinski definition) is 3. The molecule has 5 nitrogen and oxygen atoms in total. The summed E-state index contributed by atoms with van der Waals surface area (Å²) in [5, 5.41) is 12.8. The Labute approximate surface area is 118 Å².